The van der Waals surface area contributed by atoms with Crippen LogP contribution in [0.4, 0.5) is 16.2 Å². The Hall–Kier alpha value is -4.50. The van der Waals surface area contributed by atoms with Crippen molar-refractivity contribution >= 4 is 46.9 Å². The largest absolute Gasteiger partial charge is 0.489 e. The number of nitrogens with one attached hydrogen (secondary N) is 1. The van der Waals surface area contributed by atoms with Crippen LogP contribution in [-0.2, 0) is 16.2 Å². The summed E-state index contributed by atoms with van der Waals surface area (Å²) >= 11 is 6.12. The third-order valence-corrected chi connectivity index (χ3v) is 5.26. The van der Waals surface area contributed by atoms with Crippen LogP contribution < -0.4 is 15.0 Å². The molecule has 3 aromatic carbocycles. The van der Waals surface area contributed by atoms with Crippen molar-refractivity contribution in [1.29, 1.82) is 0 Å². The maximum atomic E-state index is 12.9. The smallest absolute Gasteiger partial charge is 0.335 e. The number of benzene rings is 3. The molecule has 0 unspecified atom stereocenters. The highest BCUT2D eigenvalue weighted by molar-refractivity contribution is 6.42. The Labute approximate surface area is 198 Å². The highest BCUT2D eigenvalue weighted by Gasteiger charge is 2.37. The number of hydrogen-bond acceptors (Lipinski definition) is 6. The zero-order chi connectivity index (χ0) is 24.2. The first-order valence-electron chi connectivity index (χ1n) is 9.95. The normalized spacial score (nSPS) is 14.8. The van der Waals surface area contributed by atoms with E-state index in [1.165, 1.54) is 30.3 Å². The number of urea groups is 1. The first-order valence-corrected chi connectivity index (χ1v) is 10.3. The standard InChI is InChI=1S/C24H16ClN3O6/c25-20-3-1-2-4-21(20)27-23(30)19(22(29)26-24(27)31)13-15-7-11-18(12-8-15)34-14-16-5-9-17(10-6-16)28(32)33/h1-13H,14H2,(H,26,29,31)/b19-13-. The molecule has 1 aliphatic heterocycles. The van der Waals surface area contributed by atoms with Crippen LogP contribution in [0, 0.1) is 10.1 Å². The van der Waals surface area contributed by atoms with Gasteiger partial charge in [-0.3, -0.25) is 25.0 Å². The van der Waals surface area contributed by atoms with E-state index >= 15 is 0 Å². The molecule has 10 heteroatoms. The van der Waals surface area contributed by atoms with Crippen LogP contribution in [0.25, 0.3) is 6.08 Å². The fourth-order valence-corrected chi connectivity index (χ4v) is 3.44. The van der Waals surface area contributed by atoms with Gasteiger partial charge in [0.1, 0.15) is 17.9 Å². The van der Waals surface area contributed by atoms with Gasteiger partial charge in [0.25, 0.3) is 17.5 Å². The molecule has 170 valence electrons. The van der Waals surface area contributed by atoms with E-state index in [2.05, 4.69) is 5.32 Å². The Balaban J connectivity index is 1.49. The van der Waals surface area contributed by atoms with Crippen LogP contribution in [0.5, 0.6) is 5.75 Å². The molecule has 0 saturated carbocycles. The van der Waals surface area contributed by atoms with E-state index < -0.39 is 22.8 Å². The highest BCUT2D eigenvalue weighted by Crippen LogP contribution is 2.29. The Morgan fingerprint density at radius 2 is 1.65 bits per heavy atom. The molecule has 1 fully saturated rings. The topological polar surface area (TPSA) is 119 Å². The minimum atomic E-state index is -0.879. The first-order chi connectivity index (χ1) is 16.3. The number of carbonyl (C=O) groups excluding carboxylic acids is 3. The molecule has 34 heavy (non-hydrogen) atoms. The number of barbiturate groups is 1. The molecule has 3 aromatic rings. The molecular weight excluding hydrogens is 462 g/mol. The minimum absolute atomic E-state index is 0.00256. The molecule has 9 nitrogen and oxygen atoms in total. The summed E-state index contributed by atoms with van der Waals surface area (Å²) in [6.45, 7) is 0.203. The number of nitrogens with zero attached hydrogens (tertiary/aromatic N) is 2. The number of hydrogen-bond donors (Lipinski definition) is 1. The SMILES string of the molecule is O=C1NC(=O)N(c2ccccc2Cl)C(=O)/C1=C\c1ccc(OCc2ccc([N+](=O)[O-])cc2)cc1. The average Bonchev–Trinajstić information content (AvgIpc) is 2.82. The van der Waals surface area contributed by atoms with Gasteiger partial charge in [-0.05, 0) is 53.6 Å². The summed E-state index contributed by atoms with van der Waals surface area (Å²) in [5, 5.41) is 13.1. The summed E-state index contributed by atoms with van der Waals surface area (Å²) in [6.07, 6.45) is 1.37. The van der Waals surface area contributed by atoms with Gasteiger partial charge in [0.05, 0.1) is 15.6 Å². The minimum Gasteiger partial charge on any atom is -0.489 e. The van der Waals surface area contributed by atoms with Crippen molar-refractivity contribution in [3.63, 3.8) is 0 Å². The monoisotopic (exact) mass is 477 g/mol. The number of halogens is 1. The Morgan fingerprint density at radius 1 is 0.971 bits per heavy atom. The van der Waals surface area contributed by atoms with Crippen LogP contribution in [0.2, 0.25) is 5.02 Å². The van der Waals surface area contributed by atoms with Crippen molar-refractivity contribution in [1.82, 2.24) is 5.32 Å². The summed E-state index contributed by atoms with van der Waals surface area (Å²) in [6, 6.07) is 18.1. The first kappa shape index (κ1) is 22.7. The van der Waals surface area contributed by atoms with E-state index in [0.717, 1.165) is 10.5 Å². The number of rotatable bonds is 6. The maximum absolute atomic E-state index is 12.9. The molecule has 4 rings (SSSR count). The van der Waals surface area contributed by atoms with Gasteiger partial charge >= 0.3 is 6.03 Å². The predicted molar refractivity (Wildman–Crippen MR) is 124 cm³/mol. The number of nitro benzene ring substituents is 1. The lowest BCUT2D eigenvalue weighted by Gasteiger charge is -2.27. The quantitative estimate of drug-likeness (QED) is 0.242. The molecular formula is C24H16ClN3O6. The number of anilines is 1. The molecule has 0 atom stereocenters. The second-order valence-electron chi connectivity index (χ2n) is 7.19. The van der Waals surface area contributed by atoms with Crippen molar-refractivity contribution in [2.75, 3.05) is 4.90 Å². The molecule has 4 amide bonds. The van der Waals surface area contributed by atoms with Gasteiger partial charge in [0, 0.05) is 12.1 Å². The van der Waals surface area contributed by atoms with Crippen molar-refractivity contribution < 1.29 is 24.0 Å². The summed E-state index contributed by atoms with van der Waals surface area (Å²) in [4.78, 5) is 48.6. The second-order valence-corrected chi connectivity index (χ2v) is 7.60. The van der Waals surface area contributed by atoms with Gasteiger partial charge < -0.3 is 4.74 Å². The molecule has 1 aliphatic rings. The van der Waals surface area contributed by atoms with E-state index in [-0.39, 0.29) is 28.6 Å². The third-order valence-electron chi connectivity index (χ3n) is 4.94. The zero-order valence-electron chi connectivity index (χ0n) is 17.4. The highest BCUT2D eigenvalue weighted by atomic mass is 35.5. The number of nitro groups is 1. The molecule has 0 bridgehead atoms. The molecule has 1 N–H and O–H groups in total. The average molecular weight is 478 g/mol. The number of non-ortho nitro benzene ring substituents is 1. The van der Waals surface area contributed by atoms with Gasteiger partial charge in [-0.1, -0.05) is 35.9 Å². The Morgan fingerprint density at radius 3 is 2.29 bits per heavy atom. The molecule has 0 aliphatic carbocycles. The predicted octanol–water partition coefficient (Wildman–Crippen LogP) is 4.49. The van der Waals surface area contributed by atoms with Gasteiger partial charge in [0.2, 0.25) is 0 Å². The fraction of sp³-hybridized carbons (Fsp3) is 0.0417. The van der Waals surface area contributed by atoms with E-state index in [0.29, 0.717) is 11.3 Å². The van der Waals surface area contributed by atoms with Crippen LogP contribution >= 0.6 is 11.6 Å². The molecule has 0 aromatic heterocycles. The second kappa shape index (κ2) is 9.55. The van der Waals surface area contributed by atoms with E-state index in [9.17, 15) is 24.5 Å². The van der Waals surface area contributed by atoms with Crippen LogP contribution in [0.15, 0.2) is 78.4 Å². The van der Waals surface area contributed by atoms with Gasteiger partial charge in [-0.2, -0.15) is 0 Å². The van der Waals surface area contributed by atoms with Crippen molar-refractivity contribution in [3.8, 4) is 5.75 Å². The van der Waals surface area contributed by atoms with Crippen molar-refractivity contribution in [3.05, 3.63) is 105 Å². The molecule has 1 saturated heterocycles. The van der Waals surface area contributed by atoms with Crippen LogP contribution in [0.3, 0.4) is 0 Å². The van der Waals surface area contributed by atoms with Crippen LogP contribution in [0.1, 0.15) is 11.1 Å². The van der Waals surface area contributed by atoms with E-state index in [4.69, 9.17) is 16.3 Å². The van der Waals surface area contributed by atoms with Crippen molar-refractivity contribution in [2.24, 2.45) is 0 Å². The molecule has 1 heterocycles. The lowest BCUT2D eigenvalue weighted by Crippen LogP contribution is -2.54. The summed E-state index contributed by atoms with van der Waals surface area (Å²) in [5.41, 5.74) is 1.23. The van der Waals surface area contributed by atoms with Gasteiger partial charge in [-0.25, -0.2) is 9.69 Å². The number of carbonyl (C=O) groups is 3. The maximum Gasteiger partial charge on any atom is 0.335 e. The van der Waals surface area contributed by atoms with Gasteiger partial charge in [0.15, 0.2) is 0 Å². The van der Waals surface area contributed by atoms with Crippen molar-refractivity contribution in [2.45, 2.75) is 6.61 Å². The molecule has 0 spiro atoms. The zero-order valence-corrected chi connectivity index (χ0v) is 18.2. The van der Waals surface area contributed by atoms with Crippen LogP contribution in [-0.4, -0.2) is 22.8 Å². The number of imide groups is 2. The number of para-hydroxylation sites is 1. The van der Waals surface area contributed by atoms with Gasteiger partial charge in [-0.15, -0.1) is 0 Å². The Kier molecular flexibility index (Phi) is 6.37. The summed E-state index contributed by atoms with van der Waals surface area (Å²) in [5.74, 6) is -1.08. The molecule has 0 radical (unpaired) electrons. The summed E-state index contributed by atoms with van der Waals surface area (Å²) in [7, 11) is 0. The lowest BCUT2D eigenvalue weighted by molar-refractivity contribution is -0.384. The summed E-state index contributed by atoms with van der Waals surface area (Å²) < 4.78 is 5.68. The lowest BCUT2D eigenvalue weighted by atomic mass is 10.1. The Bertz CT molecular complexity index is 1320. The number of ether oxygens (including phenoxy) is 1. The van der Waals surface area contributed by atoms with E-state index in [1.807, 2.05) is 0 Å². The third kappa shape index (κ3) is 4.79. The van der Waals surface area contributed by atoms with E-state index in [1.54, 1.807) is 48.5 Å². The fourth-order valence-electron chi connectivity index (χ4n) is 3.22. The number of amides is 4.